The van der Waals surface area contributed by atoms with Crippen LogP contribution in [0.15, 0.2) is 23.3 Å². The molecule has 2 heterocycles. The van der Waals surface area contributed by atoms with E-state index < -0.39 is 43.0 Å². The molecule has 2 bridgehead atoms. The van der Waals surface area contributed by atoms with Crippen molar-refractivity contribution in [2.45, 2.75) is 110 Å². The first-order valence-corrected chi connectivity index (χ1v) is 13.5. The smallest absolute Gasteiger partial charge is 0.303 e. The predicted molar refractivity (Wildman–Crippen MR) is 131 cm³/mol. The molecule has 4 aliphatic rings. The van der Waals surface area contributed by atoms with E-state index in [-0.39, 0.29) is 12.5 Å². The number of hydrogen-bond donors (Lipinski definition) is 2. The van der Waals surface area contributed by atoms with E-state index in [2.05, 4.69) is 39.8 Å². The van der Waals surface area contributed by atoms with Gasteiger partial charge in [0.25, 0.3) is 0 Å². The second-order valence-electron chi connectivity index (χ2n) is 11.4. The molecular weight excluding hydrogens is 448 g/mol. The van der Waals surface area contributed by atoms with Crippen LogP contribution in [0.25, 0.3) is 0 Å². The standard InChI is InChI=1S/C28H44O7/c1-15-9-11-20-17(3)10-12-21(22(20)13-15)16(2)7-6-8-18(4)27-32-14-23-24(30)26(33-19(5)29)25(31)28(34-23)35-27/h10,13,16,18,20-28,30-31H,6-9,11-12,14H2,1-5H3. The Morgan fingerprint density at radius 1 is 1.14 bits per heavy atom. The maximum atomic E-state index is 11.4. The molecule has 2 N–H and O–H groups in total. The highest BCUT2D eigenvalue weighted by Crippen LogP contribution is 2.46. The summed E-state index contributed by atoms with van der Waals surface area (Å²) in [6, 6.07) is 0. The third-order valence-corrected chi connectivity index (χ3v) is 8.73. The lowest BCUT2D eigenvalue weighted by Crippen LogP contribution is -2.59. The summed E-state index contributed by atoms with van der Waals surface area (Å²) in [7, 11) is 0. The van der Waals surface area contributed by atoms with Crippen LogP contribution in [-0.2, 0) is 23.7 Å². The van der Waals surface area contributed by atoms with Crippen LogP contribution in [0, 0.1) is 29.6 Å². The van der Waals surface area contributed by atoms with Crippen LogP contribution in [0.2, 0.25) is 0 Å². The lowest BCUT2D eigenvalue weighted by molar-refractivity contribution is -0.306. The quantitative estimate of drug-likeness (QED) is 0.408. The summed E-state index contributed by atoms with van der Waals surface area (Å²) in [6.07, 6.45) is 6.08. The van der Waals surface area contributed by atoms with Gasteiger partial charge in [-0.3, -0.25) is 4.79 Å². The molecule has 2 aliphatic carbocycles. The molecule has 4 rings (SSSR count). The van der Waals surface area contributed by atoms with Crippen molar-refractivity contribution in [3.05, 3.63) is 23.3 Å². The van der Waals surface area contributed by atoms with Crippen molar-refractivity contribution in [3.8, 4) is 0 Å². The van der Waals surface area contributed by atoms with Crippen molar-refractivity contribution in [2.75, 3.05) is 6.61 Å². The van der Waals surface area contributed by atoms with Crippen molar-refractivity contribution in [1.82, 2.24) is 0 Å². The first-order valence-electron chi connectivity index (χ1n) is 13.5. The molecule has 35 heavy (non-hydrogen) atoms. The van der Waals surface area contributed by atoms with Gasteiger partial charge in [-0.2, -0.15) is 0 Å². The molecule has 7 heteroatoms. The van der Waals surface area contributed by atoms with Gasteiger partial charge in [0.05, 0.1) is 6.61 Å². The predicted octanol–water partition coefficient (Wildman–Crippen LogP) is 4.12. The van der Waals surface area contributed by atoms with E-state index in [0.29, 0.717) is 23.7 Å². The number of esters is 1. The van der Waals surface area contributed by atoms with E-state index in [1.807, 2.05) is 0 Å². The monoisotopic (exact) mass is 492 g/mol. The zero-order chi connectivity index (χ0) is 25.3. The summed E-state index contributed by atoms with van der Waals surface area (Å²) in [5.74, 6) is 2.25. The molecule has 11 atom stereocenters. The Bertz CT molecular complexity index is 807. The van der Waals surface area contributed by atoms with Crippen molar-refractivity contribution in [2.24, 2.45) is 29.6 Å². The summed E-state index contributed by atoms with van der Waals surface area (Å²) < 4.78 is 22.8. The van der Waals surface area contributed by atoms with Crippen LogP contribution in [0.3, 0.4) is 0 Å². The van der Waals surface area contributed by atoms with Gasteiger partial charge in [-0.25, -0.2) is 0 Å². The van der Waals surface area contributed by atoms with Gasteiger partial charge < -0.3 is 29.2 Å². The highest BCUT2D eigenvalue weighted by molar-refractivity contribution is 5.66. The minimum Gasteiger partial charge on any atom is -0.457 e. The van der Waals surface area contributed by atoms with E-state index in [0.717, 1.165) is 19.3 Å². The van der Waals surface area contributed by atoms with E-state index in [4.69, 9.17) is 18.9 Å². The Kier molecular flexibility index (Phi) is 8.75. The molecule has 0 spiro atoms. The summed E-state index contributed by atoms with van der Waals surface area (Å²) in [5.41, 5.74) is 3.12. The number of allylic oxidation sites excluding steroid dienone is 4. The Balaban J connectivity index is 1.30. The third-order valence-electron chi connectivity index (χ3n) is 8.73. The number of carbonyl (C=O) groups excluding carboxylic acids is 1. The van der Waals surface area contributed by atoms with Gasteiger partial charge >= 0.3 is 5.97 Å². The first kappa shape index (κ1) is 26.8. The SMILES string of the molecule is CC(=O)OC1C(O)C2COC(C(C)CCCC(C)C3CC=C(C)C4CCC(C)=CC43)OC(O2)C1O. The molecule has 198 valence electrons. The summed E-state index contributed by atoms with van der Waals surface area (Å²) >= 11 is 0. The van der Waals surface area contributed by atoms with Gasteiger partial charge in [-0.15, -0.1) is 0 Å². The molecular formula is C28H44O7. The van der Waals surface area contributed by atoms with Gasteiger partial charge in [-0.1, -0.05) is 50.0 Å². The number of fused-ring (bicyclic) bond motifs is 3. The average Bonchev–Trinajstić information content (AvgIpc) is 3.02. The van der Waals surface area contributed by atoms with Crippen LogP contribution < -0.4 is 0 Å². The molecule has 0 radical (unpaired) electrons. The van der Waals surface area contributed by atoms with E-state index in [1.165, 1.54) is 26.2 Å². The van der Waals surface area contributed by atoms with E-state index in [9.17, 15) is 15.0 Å². The summed E-state index contributed by atoms with van der Waals surface area (Å²) in [5, 5.41) is 21.1. The highest BCUT2D eigenvalue weighted by Gasteiger charge is 2.50. The zero-order valence-electron chi connectivity index (χ0n) is 21.9. The molecule has 0 saturated carbocycles. The number of ether oxygens (including phenoxy) is 4. The van der Waals surface area contributed by atoms with Crippen LogP contribution >= 0.6 is 0 Å². The molecule has 0 aromatic heterocycles. The van der Waals surface area contributed by atoms with E-state index >= 15 is 0 Å². The van der Waals surface area contributed by atoms with Gasteiger partial charge in [0, 0.05) is 12.8 Å². The number of rotatable bonds is 7. The number of hydrogen-bond acceptors (Lipinski definition) is 7. The fraction of sp³-hybridized carbons (Fsp3) is 0.821. The maximum Gasteiger partial charge on any atom is 0.303 e. The van der Waals surface area contributed by atoms with Crippen LogP contribution in [0.4, 0.5) is 0 Å². The molecule has 2 aliphatic heterocycles. The van der Waals surface area contributed by atoms with Gasteiger partial charge in [-0.05, 0) is 63.2 Å². The fourth-order valence-electron chi connectivity index (χ4n) is 6.55. The number of carbonyl (C=O) groups is 1. The molecule has 0 amide bonds. The lowest BCUT2D eigenvalue weighted by atomic mass is 9.63. The minimum atomic E-state index is -1.27. The van der Waals surface area contributed by atoms with Crippen molar-refractivity contribution in [1.29, 1.82) is 0 Å². The topological polar surface area (TPSA) is 94.5 Å². The average molecular weight is 493 g/mol. The van der Waals surface area contributed by atoms with Crippen molar-refractivity contribution < 1.29 is 34.0 Å². The van der Waals surface area contributed by atoms with Crippen molar-refractivity contribution in [3.63, 3.8) is 0 Å². The zero-order valence-corrected chi connectivity index (χ0v) is 21.9. The molecule has 0 aromatic rings. The third kappa shape index (κ3) is 6.02. The number of aliphatic hydroxyl groups excluding tert-OH is 2. The minimum absolute atomic E-state index is 0.0970. The maximum absolute atomic E-state index is 11.4. The van der Waals surface area contributed by atoms with Gasteiger partial charge in [0.1, 0.15) is 18.3 Å². The van der Waals surface area contributed by atoms with Crippen LogP contribution in [0.5, 0.6) is 0 Å². The van der Waals surface area contributed by atoms with Gasteiger partial charge in [0.15, 0.2) is 18.7 Å². The van der Waals surface area contributed by atoms with Crippen LogP contribution in [0.1, 0.15) is 73.1 Å². The summed E-state index contributed by atoms with van der Waals surface area (Å²) in [6.45, 7) is 10.5. The van der Waals surface area contributed by atoms with Gasteiger partial charge in [0.2, 0.25) is 0 Å². The Morgan fingerprint density at radius 3 is 2.63 bits per heavy atom. The largest absolute Gasteiger partial charge is 0.457 e. The van der Waals surface area contributed by atoms with Crippen molar-refractivity contribution >= 4 is 5.97 Å². The highest BCUT2D eigenvalue weighted by atomic mass is 16.8. The summed E-state index contributed by atoms with van der Waals surface area (Å²) in [4.78, 5) is 11.4. The molecule has 7 nitrogen and oxygen atoms in total. The fourth-order valence-corrected chi connectivity index (χ4v) is 6.55. The lowest BCUT2D eigenvalue weighted by Gasteiger charge is -2.42. The molecule has 0 aromatic carbocycles. The molecule has 11 unspecified atom stereocenters. The van der Waals surface area contributed by atoms with E-state index in [1.54, 1.807) is 11.1 Å². The molecule has 2 saturated heterocycles. The Labute approximate surface area is 209 Å². The second-order valence-corrected chi connectivity index (χ2v) is 11.4. The molecule has 2 fully saturated rings. The Hall–Kier alpha value is -1.25. The first-order chi connectivity index (χ1) is 16.7. The Morgan fingerprint density at radius 2 is 1.89 bits per heavy atom. The number of aliphatic hydroxyl groups is 2. The van der Waals surface area contributed by atoms with Crippen LogP contribution in [-0.4, -0.2) is 59.8 Å². The second kappa shape index (κ2) is 11.4. The normalized spacial score (nSPS) is 41.1.